The van der Waals surface area contributed by atoms with Crippen molar-refractivity contribution in [2.45, 2.75) is 13.5 Å². The molecule has 0 spiro atoms. The van der Waals surface area contributed by atoms with E-state index in [4.69, 9.17) is 0 Å². The Hall–Kier alpha value is -1.24. The highest BCUT2D eigenvalue weighted by molar-refractivity contribution is 9.11. The van der Waals surface area contributed by atoms with Crippen molar-refractivity contribution in [3.8, 4) is 10.6 Å². The van der Waals surface area contributed by atoms with Crippen molar-refractivity contribution in [2.24, 2.45) is 0 Å². The number of thiazole rings is 1. The van der Waals surface area contributed by atoms with Gasteiger partial charge in [-0.25, -0.2) is 4.98 Å². The highest BCUT2D eigenvalue weighted by Crippen LogP contribution is 2.32. The third kappa shape index (κ3) is 4.36. The Balaban J connectivity index is 2.12. The molecule has 0 aliphatic heterocycles. The number of ether oxygens (including phenoxy) is 1. The number of hydrogen-bond acceptors (Lipinski definition) is 5. The summed E-state index contributed by atoms with van der Waals surface area (Å²) >= 11 is 5.16. The van der Waals surface area contributed by atoms with Crippen molar-refractivity contribution in [2.75, 3.05) is 20.7 Å². The van der Waals surface area contributed by atoms with Gasteiger partial charge >= 0.3 is 5.97 Å². The van der Waals surface area contributed by atoms with Crippen LogP contribution in [-0.4, -0.2) is 36.6 Å². The number of carbonyl (C=O) groups is 1. The Kier molecular flexibility index (Phi) is 5.50. The van der Waals surface area contributed by atoms with Crippen molar-refractivity contribution >= 4 is 33.2 Å². The maximum Gasteiger partial charge on any atom is 0.319 e. The van der Waals surface area contributed by atoms with Crippen molar-refractivity contribution in [1.29, 1.82) is 0 Å². The predicted molar refractivity (Wildman–Crippen MR) is 88.3 cm³/mol. The van der Waals surface area contributed by atoms with E-state index in [0.29, 0.717) is 6.54 Å². The quantitative estimate of drug-likeness (QED) is 0.757. The smallest absolute Gasteiger partial charge is 0.319 e. The molecule has 0 fully saturated rings. The van der Waals surface area contributed by atoms with Gasteiger partial charge in [0.1, 0.15) is 5.01 Å². The van der Waals surface area contributed by atoms with Crippen molar-refractivity contribution < 1.29 is 9.53 Å². The lowest BCUT2D eigenvalue weighted by Gasteiger charge is -2.13. The molecule has 1 aromatic heterocycles. The maximum atomic E-state index is 11.3. The van der Waals surface area contributed by atoms with Gasteiger partial charge in [-0.1, -0.05) is 29.8 Å². The summed E-state index contributed by atoms with van der Waals surface area (Å²) in [5.41, 5.74) is 3.27. The Labute approximate surface area is 136 Å². The summed E-state index contributed by atoms with van der Waals surface area (Å²) < 4.78 is 5.66. The van der Waals surface area contributed by atoms with Gasteiger partial charge in [-0.2, -0.15) is 0 Å². The van der Waals surface area contributed by atoms with Crippen LogP contribution in [0.3, 0.4) is 0 Å². The van der Waals surface area contributed by atoms with Gasteiger partial charge < -0.3 is 4.74 Å². The summed E-state index contributed by atoms with van der Waals surface area (Å²) in [5, 5.41) is 0.975. The molecule has 0 amide bonds. The van der Waals surface area contributed by atoms with Gasteiger partial charge in [0.05, 0.1) is 23.1 Å². The van der Waals surface area contributed by atoms with Crippen LogP contribution < -0.4 is 0 Å². The SMILES string of the molecule is COC(=O)CN(C)Cc1nc(-c2ccc(C)cc2)sc1Br. The minimum atomic E-state index is -0.248. The third-order valence-electron chi connectivity index (χ3n) is 2.99. The Morgan fingerprint density at radius 2 is 2.05 bits per heavy atom. The lowest BCUT2D eigenvalue weighted by atomic mass is 10.2. The molecule has 0 radical (unpaired) electrons. The van der Waals surface area contributed by atoms with Crippen LogP contribution >= 0.6 is 27.3 Å². The van der Waals surface area contributed by atoms with E-state index in [0.717, 1.165) is 20.1 Å². The number of aryl methyl sites for hydroxylation is 1. The highest BCUT2D eigenvalue weighted by atomic mass is 79.9. The molecule has 4 nitrogen and oxygen atoms in total. The first-order valence-electron chi connectivity index (χ1n) is 6.47. The molecule has 0 aliphatic rings. The molecule has 6 heteroatoms. The largest absolute Gasteiger partial charge is 0.468 e. The fourth-order valence-corrected chi connectivity index (χ4v) is 3.33. The Morgan fingerprint density at radius 1 is 1.38 bits per heavy atom. The van der Waals surface area contributed by atoms with Gasteiger partial charge in [-0.15, -0.1) is 11.3 Å². The minimum absolute atomic E-state index is 0.248. The number of rotatable bonds is 5. The molecule has 0 aliphatic carbocycles. The second-order valence-corrected chi connectivity index (χ2v) is 7.17. The molecule has 2 aromatic rings. The lowest BCUT2D eigenvalue weighted by molar-refractivity contribution is -0.141. The van der Waals surface area contributed by atoms with E-state index in [9.17, 15) is 4.79 Å². The molecule has 0 N–H and O–H groups in total. The van der Waals surface area contributed by atoms with E-state index in [2.05, 4.69) is 56.8 Å². The zero-order chi connectivity index (χ0) is 15.4. The zero-order valence-corrected chi connectivity index (χ0v) is 14.6. The summed E-state index contributed by atoms with van der Waals surface area (Å²) in [6.45, 7) is 2.91. The molecule has 112 valence electrons. The number of nitrogens with zero attached hydrogens (tertiary/aromatic N) is 2. The summed E-state index contributed by atoms with van der Waals surface area (Å²) in [5.74, 6) is -0.248. The van der Waals surface area contributed by atoms with Crippen LogP contribution in [0.4, 0.5) is 0 Å². The van der Waals surface area contributed by atoms with E-state index in [1.54, 1.807) is 11.3 Å². The molecule has 0 saturated heterocycles. The number of carbonyl (C=O) groups excluding carboxylic acids is 1. The molecule has 0 bridgehead atoms. The standard InChI is InChI=1S/C15H17BrN2O2S/c1-10-4-6-11(7-5-10)15-17-12(14(16)21-15)8-18(2)9-13(19)20-3/h4-7H,8-9H2,1-3H3. The van der Waals surface area contributed by atoms with Crippen LogP contribution in [0.5, 0.6) is 0 Å². The number of likely N-dealkylation sites (N-methyl/N-ethyl adjacent to an activating group) is 1. The molecule has 1 heterocycles. The van der Waals surface area contributed by atoms with E-state index >= 15 is 0 Å². The average molecular weight is 369 g/mol. The number of halogens is 1. The molecule has 1 aromatic carbocycles. The second-order valence-electron chi connectivity index (χ2n) is 4.85. The molecule has 2 rings (SSSR count). The third-order valence-corrected chi connectivity index (χ3v) is 4.87. The number of methoxy groups -OCH3 is 1. The molecule has 0 saturated carbocycles. The van der Waals surface area contributed by atoms with E-state index in [1.807, 2.05) is 11.9 Å². The van der Waals surface area contributed by atoms with Crippen LogP contribution in [0.2, 0.25) is 0 Å². The van der Waals surface area contributed by atoms with Crippen LogP contribution in [0.1, 0.15) is 11.3 Å². The molecule has 0 unspecified atom stereocenters. The maximum absolute atomic E-state index is 11.3. The zero-order valence-electron chi connectivity index (χ0n) is 12.2. The predicted octanol–water partition coefficient (Wildman–Crippen LogP) is 3.49. The topological polar surface area (TPSA) is 42.4 Å². The van der Waals surface area contributed by atoms with Crippen LogP contribution in [0, 0.1) is 6.92 Å². The fourth-order valence-electron chi connectivity index (χ4n) is 1.85. The van der Waals surface area contributed by atoms with Gasteiger partial charge in [0.2, 0.25) is 0 Å². The number of esters is 1. The molecular formula is C15H17BrN2O2S. The first-order chi connectivity index (χ1) is 9.99. The monoisotopic (exact) mass is 368 g/mol. The van der Waals surface area contributed by atoms with Gasteiger partial charge in [-0.3, -0.25) is 9.69 Å². The van der Waals surface area contributed by atoms with Crippen molar-refractivity contribution in [3.05, 3.63) is 39.3 Å². The summed E-state index contributed by atoms with van der Waals surface area (Å²) in [6, 6.07) is 8.30. The van der Waals surface area contributed by atoms with Crippen LogP contribution in [0.25, 0.3) is 10.6 Å². The number of aromatic nitrogens is 1. The van der Waals surface area contributed by atoms with E-state index in [1.165, 1.54) is 12.7 Å². The van der Waals surface area contributed by atoms with Gasteiger partial charge in [0.15, 0.2) is 0 Å². The second kappa shape index (κ2) is 7.15. The van der Waals surface area contributed by atoms with Gasteiger partial charge in [-0.05, 0) is 29.9 Å². The summed E-state index contributed by atoms with van der Waals surface area (Å²) in [4.78, 5) is 17.8. The number of benzene rings is 1. The number of hydrogen-bond donors (Lipinski definition) is 0. The molecule has 21 heavy (non-hydrogen) atoms. The first-order valence-corrected chi connectivity index (χ1v) is 8.08. The molecular weight excluding hydrogens is 352 g/mol. The van der Waals surface area contributed by atoms with Gasteiger partial charge in [0, 0.05) is 12.1 Å². The average Bonchev–Trinajstić information content (AvgIpc) is 2.80. The van der Waals surface area contributed by atoms with Crippen molar-refractivity contribution in [3.63, 3.8) is 0 Å². The Morgan fingerprint density at radius 3 is 2.67 bits per heavy atom. The first kappa shape index (κ1) is 16.1. The normalized spacial score (nSPS) is 10.9. The Bertz CT molecular complexity index is 625. The van der Waals surface area contributed by atoms with Crippen LogP contribution in [0.15, 0.2) is 28.1 Å². The van der Waals surface area contributed by atoms with Crippen molar-refractivity contribution in [1.82, 2.24) is 9.88 Å². The lowest BCUT2D eigenvalue weighted by Crippen LogP contribution is -2.26. The van der Waals surface area contributed by atoms with Crippen LogP contribution in [-0.2, 0) is 16.1 Å². The fraction of sp³-hybridized carbons (Fsp3) is 0.333. The molecule has 0 atom stereocenters. The van der Waals surface area contributed by atoms with E-state index < -0.39 is 0 Å². The highest BCUT2D eigenvalue weighted by Gasteiger charge is 2.14. The van der Waals surface area contributed by atoms with E-state index in [-0.39, 0.29) is 12.5 Å². The minimum Gasteiger partial charge on any atom is -0.468 e. The summed E-state index contributed by atoms with van der Waals surface area (Å²) in [7, 11) is 3.26. The summed E-state index contributed by atoms with van der Waals surface area (Å²) in [6.07, 6.45) is 0. The van der Waals surface area contributed by atoms with Gasteiger partial charge in [0.25, 0.3) is 0 Å².